The van der Waals surface area contributed by atoms with Crippen molar-refractivity contribution in [2.75, 3.05) is 12.8 Å². The second-order valence-electron chi connectivity index (χ2n) is 5.22. The molecule has 1 fully saturated rings. The van der Waals surface area contributed by atoms with Crippen LogP contribution in [0, 0.1) is 0 Å². The number of rotatable bonds is 5. The lowest BCUT2D eigenvalue weighted by molar-refractivity contribution is -0.124. The van der Waals surface area contributed by atoms with Crippen LogP contribution in [0.15, 0.2) is 22.8 Å². The van der Waals surface area contributed by atoms with Gasteiger partial charge in [0, 0.05) is 19.0 Å². The zero-order valence-electron chi connectivity index (χ0n) is 11.7. The SMILES string of the molecule is C[C@@H](Cc1ccco1)NC(=O)[C@@H]1CCCN1S(C)(=O)=O. The quantitative estimate of drug-likeness (QED) is 0.870. The van der Waals surface area contributed by atoms with Crippen LogP contribution >= 0.6 is 0 Å². The van der Waals surface area contributed by atoms with E-state index in [1.54, 1.807) is 12.3 Å². The van der Waals surface area contributed by atoms with Crippen LogP contribution in [0.4, 0.5) is 0 Å². The summed E-state index contributed by atoms with van der Waals surface area (Å²) >= 11 is 0. The van der Waals surface area contributed by atoms with Crippen molar-refractivity contribution in [2.45, 2.75) is 38.3 Å². The van der Waals surface area contributed by atoms with Gasteiger partial charge in [-0.25, -0.2) is 8.42 Å². The molecule has 20 heavy (non-hydrogen) atoms. The molecule has 112 valence electrons. The summed E-state index contributed by atoms with van der Waals surface area (Å²) in [6.07, 6.45) is 4.62. The number of carbonyl (C=O) groups excluding carboxylic acids is 1. The molecule has 2 rings (SSSR count). The lowest BCUT2D eigenvalue weighted by Gasteiger charge is -2.23. The maximum atomic E-state index is 12.2. The van der Waals surface area contributed by atoms with Crippen molar-refractivity contribution in [3.8, 4) is 0 Å². The Kier molecular flexibility index (Phi) is 4.49. The number of hydrogen-bond acceptors (Lipinski definition) is 4. The Morgan fingerprint density at radius 1 is 1.60 bits per heavy atom. The van der Waals surface area contributed by atoms with Gasteiger partial charge in [0.25, 0.3) is 0 Å². The minimum absolute atomic E-state index is 0.101. The number of nitrogens with zero attached hydrogens (tertiary/aromatic N) is 1. The first kappa shape index (κ1) is 15.1. The third-order valence-corrected chi connectivity index (χ3v) is 4.70. The number of nitrogens with one attached hydrogen (secondary N) is 1. The summed E-state index contributed by atoms with van der Waals surface area (Å²) in [6, 6.07) is 2.97. The second-order valence-corrected chi connectivity index (χ2v) is 7.16. The molecule has 1 amide bonds. The van der Waals surface area contributed by atoms with E-state index in [1.165, 1.54) is 4.31 Å². The van der Waals surface area contributed by atoms with E-state index in [-0.39, 0.29) is 11.9 Å². The molecule has 2 heterocycles. The summed E-state index contributed by atoms with van der Waals surface area (Å²) in [7, 11) is -3.33. The van der Waals surface area contributed by atoms with Gasteiger partial charge in [0.05, 0.1) is 12.5 Å². The summed E-state index contributed by atoms with van der Waals surface area (Å²) in [5.74, 6) is 0.566. The molecule has 0 radical (unpaired) electrons. The van der Waals surface area contributed by atoms with Crippen molar-refractivity contribution in [1.29, 1.82) is 0 Å². The van der Waals surface area contributed by atoms with Gasteiger partial charge < -0.3 is 9.73 Å². The Morgan fingerprint density at radius 2 is 2.35 bits per heavy atom. The Balaban J connectivity index is 1.94. The van der Waals surface area contributed by atoms with Crippen molar-refractivity contribution >= 4 is 15.9 Å². The van der Waals surface area contributed by atoms with Gasteiger partial charge in [-0.1, -0.05) is 0 Å². The maximum Gasteiger partial charge on any atom is 0.238 e. The number of sulfonamides is 1. The number of hydrogen-bond donors (Lipinski definition) is 1. The fourth-order valence-corrected chi connectivity index (χ4v) is 3.64. The Labute approximate surface area is 119 Å². The van der Waals surface area contributed by atoms with Gasteiger partial charge in [-0.05, 0) is 31.9 Å². The summed E-state index contributed by atoms with van der Waals surface area (Å²) in [6.45, 7) is 2.30. The molecule has 1 aromatic rings. The van der Waals surface area contributed by atoms with E-state index in [2.05, 4.69) is 5.32 Å². The highest BCUT2D eigenvalue weighted by Gasteiger charge is 2.36. The molecule has 1 aliphatic rings. The molecule has 0 saturated carbocycles. The minimum atomic E-state index is -3.33. The van der Waals surface area contributed by atoms with Crippen molar-refractivity contribution in [1.82, 2.24) is 9.62 Å². The first-order valence-electron chi connectivity index (χ1n) is 6.67. The van der Waals surface area contributed by atoms with E-state index in [0.717, 1.165) is 18.4 Å². The average molecular weight is 300 g/mol. The predicted octanol–water partition coefficient (Wildman–Crippen LogP) is 0.751. The van der Waals surface area contributed by atoms with E-state index >= 15 is 0 Å². The lowest BCUT2D eigenvalue weighted by atomic mass is 10.1. The summed E-state index contributed by atoms with van der Waals surface area (Å²) in [5.41, 5.74) is 0. The molecule has 0 spiro atoms. The van der Waals surface area contributed by atoms with Gasteiger partial charge in [-0.15, -0.1) is 0 Å². The van der Waals surface area contributed by atoms with Crippen LogP contribution in [0.1, 0.15) is 25.5 Å². The molecule has 0 aromatic carbocycles. The van der Waals surface area contributed by atoms with E-state index in [9.17, 15) is 13.2 Å². The predicted molar refractivity (Wildman–Crippen MR) is 74.6 cm³/mol. The van der Waals surface area contributed by atoms with E-state index < -0.39 is 16.1 Å². The minimum Gasteiger partial charge on any atom is -0.469 e. The maximum absolute atomic E-state index is 12.2. The molecule has 1 N–H and O–H groups in total. The van der Waals surface area contributed by atoms with Crippen LogP contribution in [0.25, 0.3) is 0 Å². The standard InChI is InChI=1S/C13H20N2O4S/c1-10(9-11-5-4-8-19-11)14-13(16)12-6-3-7-15(12)20(2,17)18/h4-5,8,10,12H,3,6-7,9H2,1-2H3,(H,14,16)/t10-,12-/m0/s1. The van der Waals surface area contributed by atoms with E-state index in [0.29, 0.717) is 19.4 Å². The molecule has 1 aromatic heterocycles. The highest BCUT2D eigenvalue weighted by atomic mass is 32.2. The van der Waals surface area contributed by atoms with Crippen LogP contribution in [0.3, 0.4) is 0 Å². The second kappa shape index (κ2) is 5.97. The van der Waals surface area contributed by atoms with Crippen LogP contribution in [-0.2, 0) is 21.2 Å². The molecule has 7 heteroatoms. The summed E-state index contributed by atoms with van der Waals surface area (Å²) in [4.78, 5) is 12.2. The largest absolute Gasteiger partial charge is 0.469 e. The van der Waals surface area contributed by atoms with Gasteiger partial charge >= 0.3 is 0 Å². The van der Waals surface area contributed by atoms with Gasteiger partial charge in [0.15, 0.2) is 0 Å². The Morgan fingerprint density at radius 3 is 2.95 bits per heavy atom. The first-order valence-corrected chi connectivity index (χ1v) is 8.52. The van der Waals surface area contributed by atoms with Crippen molar-refractivity contribution in [3.63, 3.8) is 0 Å². The van der Waals surface area contributed by atoms with Crippen molar-refractivity contribution in [2.24, 2.45) is 0 Å². The van der Waals surface area contributed by atoms with E-state index in [1.807, 2.05) is 13.0 Å². The fourth-order valence-electron chi connectivity index (χ4n) is 2.52. The fraction of sp³-hybridized carbons (Fsp3) is 0.615. The molecule has 2 atom stereocenters. The molecule has 1 aliphatic heterocycles. The number of amides is 1. The van der Waals surface area contributed by atoms with Gasteiger partial charge in [0.2, 0.25) is 15.9 Å². The van der Waals surface area contributed by atoms with Crippen molar-refractivity contribution < 1.29 is 17.6 Å². The summed E-state index contributed by atoms with van der Waals surface area (Å²) < 4.78 is 29.8. The Hall–Kier alpha value is -1.34. The first-order chi connectivity index (χ1) is 9.38. The summed E-state index contributed by atoms with van der Waals surface area (Å²) in [5, 5.41) is 2.86. The molecular formula is C13H20N2O4S. The molecule has 6 nitrogen and oxygen atoms in total. The molecule has 1 saturated heterocycles. The highest BCUT2D eigenvalue weighted by molar-refractivity contribution is 7.88. The highest BCUT2D eigenvalue weighted by Crippen LogP contribution is 2.20. The third kappa shape index (κ3) is 3.61. The lowest BCUT2D eigenvalue weighted by Crippen LogP contribution is -2.48. The van der Waals surface area contributed by atoms with Crippen LogP contribution in [0.2, 0.25) is 0 Å². The zero-order valence-corrected chi connectivity index (χ0v) is 12.5. The van der Waals surface area contributed by atoms with Crippen LogP contribution in [0.5, 0.6) is 0 Å². The molecule has 0 aliphatic carbocycles. The molecule has 0 bridgehead atoms. The zero-order chi connectivity index (χ0) is 14.8. The monoisotopic (exact) mass is 300 g/mol. The van der Waals surface area contributed by atoms with Gasteiger partial charge in [-0.3, -0.25) is 4.79 Å². The van der Waals surface area contributed by atoms with Crippen molar-refractivity contribution in [3.05, 3.63) is 24.2 Å². The number of furan rings is 1. The number of carbonyl (C=O) groups is 1. The van der Waals surface area contributed by atoms with Crippen LogP contribution in [-0.4, -0.2) is 43.5 Å². The normalized spacial score (nSPS) is 21.8. The Bertz CT molecular complexity index is 553. The van der Waals surface area contributed by atoms with Gasteiger partial charge in [-0.2, -0.15) is 4.31 Å². The topological polar surface area (TPSA) is 79.6 Å². The van der Waals surface area contributed by atoms with Gasteiger partial charge in [0.1, 0.15) is 11.8 Å². The molecular weight excluding hydrogens is 280 g/mol. The van der Waals surface area contributed by atoms with Crippen LogP contribution < -0.4 is 5.32 Å². The molecule has 0 unspecified atom stereocenters. The average Bonchev–Trinajstić information content (AvgIpc) is 2.96. The smallest absolute Gasteiger partial charge is 0.238 e. The third-order valence-electron chi connectivity index (χ3n) is 3.41. The van der Waals surface area contributed by atoms with E-state index in [4.69, 9.17) is 4.42 Å².